The van der Waals surface area contributed by atoms with Crippen LogP contribution in [0.2, 0.25) is 0 Å². The number of hydrogen-bond donors (Lipinski definition) is 2. The number of aromatic nitrogens is 3. The number of rotatable bonds is 7. The Morgan fingerprint density at radius 1 is 1.50 bits per heavy atom. The second-order valence-electron chi connectivity index (χ2n) is 3.12. The van der Waals surface area contributed by atoms with Crippen molar-refractivity contribution < 1.29 is 4.74 Å². The average Bonchev–Trinajstić information content (AvgIpc) is 2.61. The molecule has 5 heteroatoms. The van der Waals surface area contributed by atoms with Crippen molar-refractivity contribution in [3.8, 4) is 0 Å². The lowest BCUT2D eigenvalue weighted by Gasteiger charge is -1.99. The second-order valence-corrected chi connectivity index (χ2v) is 3.12. The molecule has 1 aromatic rings. The van der Waals surface area contributed by atoms with Crippen LogP contribution in [-0.2, 0) is 17.7 Å². The van der Waals surface area contributed by atoms with E-state index in [2.05, 4.69) is 27.4 Å². The van der Waals surface area contributed by atoms with E-state index in [1.807, 2.05) is 0 Å². The Morgan fingerprint density at radius 2 is 2.36 bits per heavy atom. The van der Waals surface area contributed by atoms with Gasteiger partial charge in [-0.3, -0.25) is 5.10 Å². The van der Waals surface area contributed by atoms with E-state index in [4.69, 9.17) is 4.74 Å². The number of aromatic amines is 1. The highest BCUT2D eigenvalue weighted by molar-refractivity contribution is 4.89. The molecule has 80 valence electrons. The summed E-state index contributed by atoms with van der Waals surface area (Å²) in [4.78, 5) is 4.33. The first-order chi connectivity index (χ1) is 6.86. The van der Waals surface area contributed by atoms with E-state index < -0.39 is 0 Å². The molecule has 5 nitrogen and oxygen atoms in total. The highest BCUT2D eigenvalue weighted by Gasteiger charge is 2.00. The van der Waals surface area contributed by atoms with E-state index in [0.717, 1.165) is 44.2 Å². The molecule has 0 aromatic carbocycles. The zero-order valence-electron chi connectivity index (χ0n) is 8.84. The van der Waals surface area contributed by atoms with Gasteiger partial charge >= 0.3 is 0 Å². The molecule has 0 saturated carbocycles. The van der Waals surface area contributed by atoms with Gasteiger partial charge in [0, 0.05) is 20.1 Å². The van der Waals surface area contributed by atoms with Crippen LogP contribution in [0.4, 0.5) is 0 Å². The van der Waals surface area contributed by atoms with Crippen LogP contribution in [0.25, 0.3) is 0 Å². The van der Waals surface area contributed by atoms with Gasteiger partial charge in [-0.2, -0.15) is 5.10 Å². The lowest BCUT2D eigenvalue weighted by molar-refractivity contribution is 0.199. The predicted molar refractivity (Wildman–Crippen MR) is 54.0 cm³/mol. The predicted octanol–water partition coefficient (Wildman–Crippen LogP) is 0.493. The fourth-order valence-electron chi connectivity index (χ4n) is 1.13. The van der Waals surface area contributed by atoms with Crippen LogP contribution in [0, 0.1) is 0 Å². The van der Waals surface area contributed by atoms with Gasteiger partial charge in [-0.1, -0.05) is 6.92 Å². The number of H-pyrrole nitrogens is 1. The molecule has 0 bridgehead atoms. The quantitative estimate of drug-likeness (QED) is 0.626. The van der Waals surface area contributed by atoms with Crippen LogP contribution < -0.4 is 5.32 Å². The normalized spacial score (nSPS) is 10.7. The maximum absolute atomic E-state index is 4.91. The third-order valence-corrected chi connectivity index (χ3v) is 1.83. The summed E-state index contributed by atoms with van der Waals surface area (Å²) in [6, 6.07) is 0. The Morgan fingerprint density at radius 3 is 3.07 bits per heavy atom. The molecule has 0 aliphatic carbocycles. The third-order valence-electron chi connectivity index (χ3n) is 1.83. The van der Waals surface area contributed by atoms with Gasteiger partial charge in [0.1, 0.15) is 5.82 Å². The van der Waals surface area contributed by atoms with Gasteiger partial charge in [-0.15, -0.1) is 0 Å². The molecule has 1 rings (SSSR count). The van der Waals surface area contributed by atoms with Crippen molar-refractivity contribution in [1.29, 1.82) is 0 Å². The molecular weight excluding hydrogens is 180 g/mol. The number of aryl methyl sites for hydroxylation is 1. The molecule has 1 aromatic heterocycles. The van der Waals surface area contributed by atoms with Gasteiger partial charge in [0.2, 0.25) is 0 Å². The number of nitrogens with zero attached hydrogens (tertiary/aromatic N) is 2. The smallest absolute Gasteiger partial charge is 0.150 e. The summed E-state index contributed by atoms with van der Waals surface area (Å²) in [5.41, 5.74) is 0. The van der Waals surface area contributed by atoms with Crippen molar-refractivity contribution in [3.63, 3.8) is 0 Å². The Balaban J connectivity index is 2.22. The minimum Gasteiger partial charge on any atom is -0.383 e. The van der Waals surface area contributed by atoms with Gasteiger partial charge in [-0.05, 0) is 6.42 Å². The van der Waals surface area contributed by atoms with Gasteiger partial charge in [0.05, 0.1) is 13.2 Å². The van der Waals surface area contributed by atoms with Crippen LogP contribution in [-0.4, -0.2) is 35.4 Å². The first-order valence-electron chi connectivity index (χ1n) is 4.96. The molecular formula is C9H18N4O. The van der Waals surface area contributed by atoms with Crippen LogP contribution >= 0.6 is 0 Å². The van der Waals surface area contributed by atoms with Crippen molar-refractivity contribution >= 4 is 0 Å². The van der Waals surface area contributed by atoms with Crippen LogP contribution in [0.1, 0.15) is 25.0 Å². The van der Waals surface area contributed by atoms with E-state index in [1.165, 1.54) is 0 Å². The molecule has 0 radical (unpaired) electrons. The van der Waals surface area contributed by atoms with E-state index in [1.54, 1.807) is 7.11 Å². The van der Waals surface area contributed by atoms with Crippen LogP contribution in [0.5, 0.6) is 0 Å². The monoisotopic (exact) mass is 198 g/mol. The zero-order valence-corrected chi connectivity index (χ0v) is 8.84. The summed E-state index contributed by atoms with van der Waals surface area (Å²) in [6.45, 7) is 4.39. The topological polar surface area (TPSA) is 62.8 Å². The third kappa shape index (κ3) is 3.85. The van der Waals surface area contributed by atoms with Gasteiger partial charge in [0.15, 0.2) is 5.82 Å². The van der Waals surface area contributed by atoms with Gasteiger partial charge in [-0.25, -0.2) is 4.98 Å². The van der Waals surface area contributed by atoms with E-state index >= 15 is 0 Å². The second kappa shape index (κ2) is 6.50. The van der Waals surface area contributed by atoms with Gasteiger partial charge < -0.3 is 10.1 Å². The molecule has 0 aliphatic rings. The SMILES string of the molecule is CCCc1n[nH]c(CNCCOC)n1. The molecule has 0 spiro atoms. The van der Waals surface area contributed by atoms with Crippen molar-refractivity contribution in [1.82, 2.24) is 20.5 Å². The lowest BCUT2D eigenvalue weighted by Crippen LogP contribution is -2.19. The minimum atomic E-state index is 0.718. The highest BCUT2D eigenvalue weighted by atomic mass is 16.5. The molecule has 0 fully saturated rings. The van der Waals surface area contributed by atoms with E-state index in [-0.39, 0.29) is 0 Å². The zero-order chi connectivity index (χ0) is 10.2. The Bertz CT molecular complexity index is 249. The fraction of sp³-hybridized carbons (Fsp3) is 0.778. The summed E-state index contributed by atoms with van der Waals surface area (Å²) < 4.78 is 4.91. The number of ether oxygens (including phenoxy) is 1. The Hall–Kier alpha value is -0.940. The molecule has 0 saturated heterocycles. The largest absolute Gasteiger partial charge is 0.383 e. The molecule has 1 heterocycles. The highest BCUT2D eigenvalue weighted by Crippen LogP contribution is 1.95. The summed E-state index contributed by atoms with van der Waals surface area (Å²) in [6.07, 6.45) is 2.02. The average molecular weight is 198 g/mol. The van der Waals surface area contributed by atoms with Crippen molar-refractivity contribution in [3.05, 3.63) is 11.6 Å². The molecule has 2 N–H and O–H groups in total. The molecule has 0 atom stereocenters. The van der Waals surface area contributed by atoms with Crippen molar-refractivity contribution in [2.75, 3.05) is 20.3 Å². The number of nitrogens with one attached hydrogen (secondary N) is 2. The Kier molecular flexibility index (Phi) is 5.17. The number of hydrogen-bond acceptors (Lipinski definition) is 4. The first-order valence-corrected chi connectivity index (χ1v) is 4.96. The standard InChI is InChI=1S/C9H18N4O/c1-3-4-8-11-9(13-12-8)7-10-5-6-14-2/h10H,3-7H2,1-2H3,(H,11,12,13). The molecule has 14 heavy (non-hydrogen) atoms. The molecule has 0 aliphatic heterocycles. The summed E-state index contributed by atoms with van der Waals surface area (Å²) in [7, 11) is 1.69. The lowest BCUT2D eigenvalue weighted by atomic mass is 10.3. The summed E-state index contributed by atoms with van der Waals surface area (Å²) in [5, 5.41) is 10.2. The summed E-state index contributed by atoms with van der Waals surface area (Å²) in [5.74, 6) is 1.79. The fourth-order valence-corrected chi connectivity index (χ4v) is 1.13. The maximum atomic E-state index is 4.91. The summed E-state index contributed by atoms with van der Waals surface area (Å²) >= 11 is 0. The van der Waals surface area contributed by atoms with E-state index in [9.17, 15) is 0 Å². The van der Waals surface area contributed by atoms with Crippen LogP contribution in [0.15, 0.2) is 0 Å². The minimum absolute atomic E-state index is 0.718. The molecule has 0 amide bonds. The molecule has 0 unspecified atom stereocenters. The van der Waals surface area contributed by atoms with Gasteiger partial charge in [0.25, 0.3) is 0 Å². The number of methoxy groups -OCH3 is 1. The maximum Gasteiger partial charge on any atom is 0.150 e. The Labute approximate surface area is 84.3 Å². The van der Waals surface area contributed by atoms with Crippen molar-refractivity contribution in [2.24, 2.45) is 0 Å². The first kappa shape index (κ1) is 11.1. The van der Waals surface area contributed by atoms with E-state index in [0.29, 0.717) is 0 Å². The van der Waals surface area contributed by atoms with Crippen molar-refractivity contribution in [2.45, 2.75) is 26.3 Å². The van der Waals surface area contributed by atoms with Crippen LogP contribution in [0.3, 0.4) is 0 Å².